The Bertz CT molecular complexity index is 228. The standard InChI is InChI=1S/C15H26O/c1-14(13-16)15-11-9-7-5-3-2-4-6-8-10-12-15/h7,9,11,14,16H,2-6,8,10,12-13H2,1H3/b9-7-,15-11-. The Balaban J connectivity index is 2.54. The Hall–Kier alpha value is -0.560. The number of allylic oxidation sites excluding steroid dienone is 3. The summed E-state index contributed by atoms with van der Waals surface area (Å²) in [6.07, 6.45) is 17.2. The van der Waals surface area contributed by atoms with Gasteiger partial charge in [-0.25, -0.2) is 0 Å². The number of aliphatic hydroxyl groups excluding tert-OH is 1. The minimum Gasteiger partial charge on any atom is -0.396 e. The van der Waals surface area contributed by atoms with Crippen LogP contribution in [-0.4, -0.2) is 11.7 Å². The fourth-order valence-electron chi connectivity index (χ4n) is 2.20. The molecule has 1 heteroatoms. The van der Waals surface area contributed by atoms with Gasteiger partial charge in [-0.2, -0.15) is 0 Å². The molecule has 1 nitrogen and oxygen atoms in total. The SMILES string of the molecule is CC(CO)/C1=C\C=C/CCCCCCCC1. The van der Waals surface area contributed by atoms with E-state index in [0.29, 0.717) is 5.92 Å². The highest BCUT2D eigenvalue weighted by Crippen LogP contribution is 2.19. The van der Waals surface area contributed by atoms with E-state index in [9.17, 15) is 5.11 Å². The summed E-state index contributed by atoms with van der Waals surface area (Å²) in [6, 6.07) is 0. The molecule has 0 aromatic carbocycles. The van der Waals surface area contributed by atoms with Gasteiger partial charge in [-0.3, -0.25) is 0 Å². The molecule has 0 heterocycles. The first kappa shape index (κ1) is 13.5. The van der Waals surface area contributed by atoms with Crippen LogP contribution in [0.1, 0.15) is 58.3 Å². The Morgan fingerprint density at radius 3 is 2.56 bits per heavy atom. The molecular formula is C15H26O. The summed E-state index contributed by atoms with van der Waals surface area (Å²) in [4.78, 5) is 0. The van der Waals surface area contributed by atoms with Crippen LogP contribution in [-0.2, 0) is 0 Å². The first-order valence-corrected chi connectivity index (χ1v) is 6.81. The van der Waals surface area contributed by atoms with Crippen LogP contribution < -0.4 is 0 Å². The smallest absolute Gasteiger partial charge is 0.0493 e. The van der Waals surface area contributed by atoms with Crippen LogP contribution >= 0.6 is 0 Å². The van der Waals surface area contributed by atoms with Crippen LogP contribution in [0.25, 0.3) is 0 Å². The second-order valence-corrected chi connectivity index (χ2v) is 4.91. The third-order valence-electron chi connectivity index (χ3n) is 3.44. The maximum atomic E-state index is 9.21. The summed E-state index contributed by atoms with van der Waals surface area (Å²) in [5, 5.41) is 9.21. The first-order valence-electron chi connectivity index (χ1n) is 6.81. The van der Waals surface area contributed by atoms with Crippen molar-refractivity contribution in [2.45, 2.75) is 58.3 Å². The maximum absolute atomic E-state index is 9.21. The van der Waals surface area contributed by atoms with Gasteiger partial charge in [0.25, 0.3) is 0 Å². The van der Waals surface area contributed by atoms with E-state index in [1.54, 1.807) is 0 Å². The van der Waals surface area contributed by atoms with Gasteiger partial charge >= 0.3 is 0 Å². The lowest BCUT2D eigenvalue weighted by atomic mass is 9.94. The minimum absolute atomic E-state index is 0.277. The summed E-state index contributed by atoms with van der Waals surface area (Å²) in [6.45, 7) is 2.39. The quantitative estimate of drug-likeness (QED) is 0.741. The fourth-order valence-corrected chi connectivity index (χ4v) is 2.20. The topological polar surface area (TPSA) is 20.2 Å². The van der Waals surface area contributed by atoms with Gasteiger partial charge in [0.1, 0.15) is 0 Å². The molecule has 1 aliphatic carbocycles. The van der Waals surface area contributed by atoms with Crippen molar-refractivity contribution in [1.29, 1.82) is 0 Å². The largest absolute Gasteiger partial charge is 0.396 e. The molecule has 0 bridgehead atoms. The predicted molar refractivity (Wildman–Crippen MR) is 70.4 cm³/mol. The molecule has 1 rings (SSSR count). The number of rotatable bonds is 2. The first-order chi connectivity index (χ1) is 7.84. The lowest BCUT2D eigenvalue weighted by Crippen LogP contribution is -2.04. The highest BCUT2D eigenvalue weighted by Gasteiger charge is 2.06. The van der Waals surface area contributed by atoms with E-state index in [0.717, 1.165) is 6.42 Å². The van der Waals surface area contributed by atoms with Gasteiger partial charge in [-0.1, -0.05) is 56.4 Å². The summed E-state index contributed by atoms with van der Waals surface area (Å²) < 4.78 is 0. The molecular weight excluding hydrogens is 196 g/mol. The van der Waals surface area contributed by atoms with Gasteiger partial charge in [0.15, 0.2) is 0 Å². The van der Waals surface area contributed by atoms with Crippen molar-refractivity contribution in [1.82, 2.24) is 0 Å². The summed E-state index contributed by atoms with van der Waals surface area (Å²) >= 11 is 0. The molecule has 0 saturated heterocycles. The van der Waals surface area contributed by atoms with Crippen molar-refractivity contribution in [3.63, 3.8) is 0 Å². The van der Waals surface area contributed by atoms with Crippen LogP contribution in [0.3, 0.4) is 0 Å². The lowest BCUT2D eigenvalue weighted by Gasteiger charge is -2.13. The molecule has 0 fully saturated rings. The van der Waals surface area contributed by atoms with E-state index < -0.39 is 0 Å². The third-order valence-corrected chi connectivity index (χ3v) is 3.44. The molecule has 0 saturated carbocycles. The van der Waals surface area contributed by atoms with E-state index >= 15 is 0 Å². The fraction of sp³-hybridized carbons (Fsp3) is 0.733. The van der Waals surface area contributed by atoms with Crippen molar-refractivity contribution in [3.8, 4) is 0 Å². The van der Waals surface area contributed by atoms with Gasteiger partial charge in [-0.15, -0.1) is 0 Å². The Morgan fingerprint density at radius 1 is 1.12 bits per heavy atom. The summed E-state index contributed by atoms with van der Waals surface area (Å²) in [5.41, 5.74) is 1.42. The van der Waals surface area contributed by atoms with Gasteiger partial charge < -0.3 is 5.11 Å². The van der Waals surface area contributed by atoms with Crippen LogP contribution in [0.4, 0.5) is 0 Å². The highest BCUT2D eigenvalue weighted by molar-refractivity contribution is 5.15. The van der Waals surface area contributed by atoms with E-state index in [1.165, 1.54) is 50.5 Å². The van der Waals surface area contributed by atoms with Gasteiger partial charge in [-0.05, 0) is 25.7 Å². The van der Waals surface area contributed by atoms with E-state index in [4.69, 9.17) is 0 Å². The molecule has 0 aromatic heterocycles. The molecule has 1 aliphatic rings. The normalized spacial score (nSPS) is 27.0. The minimum atomic E-state index is 0.277. The molecule has 0 spiro atoms. The molecule has 0 radical (unpaired) electrons. The molecule has 0 aromatic rings. The average molecular weight is 222 g/mol. The summed E-state index contributed by atoms with van der Waals surface area (Å²) in [7, 11) is 0. The van der Waals surface area contributed by atoms with E-state index in [-0.39, 0.29) is 6.61 Å². The Labute approximate surface area is 100 Å². The molecule has 1 unspecified atom stereocenters. The second-order valence-electron chi connectivity index (χ2n) is 4.91. The van der Waals surface area contributed by atoms with Crippen molar-refractivity contribution in [2.75, 3.05) is 6.61 Å². The average Bonchev–Trinajstić information content (AvgIpc) is 2.29. The zero-order chi connectivity index (χ0) is 11.6. The van der Waals surface area contributed by atoms with Crippen molar-refractivity contribution in [3.05, 3.63) is 23.8 Å². The van der Waals surface area contributed by atoms with Crippen LogP contribution in [0.5, 0.6) is 0 Å². The molecule has 0 aliphatic heterocycles. The zero-order valence-corrected chi connectivity index (χ0v) is 10.6. The van der Waals surface area contributed by atoms with Gasteiger partial charge in [0, 0.05) is 12.5 Å². The number of hydrogen-bond donors (Lipinski definition) is 1. The number of hydrogen-bond acceptors (Lipinski definition) is 1. The summed E-state index contributed by atoms with van der Waals surface area (Å²) in [5.74, 6) is 0.326. The van der Waals surface area contributed by atoms with Crippen molar-refractivity contribution >= 4 is 0 Å². The predicted octanol–water partition coefficient (Wildman–Crippen LogP) is 4.23. The molecule has 92 valence electrons. The van der Waals surface area contributed by atoms with Gasteiger partial charge in [0.05, 0.1) is 0 Å². The Morgan fingerprint density at radius 2 is 1.81 bits per heavy atom. The zero-order valence-electron chi connectivity index (χ0n) is 10.6. The number of aliphatic hydroxyl groups is 1. The van der Waals surface area contributed by atoms with E-state index in [1.807, 2.05) is 0 Å². The maximum Gasteiger partial charge on any atom is 0.0493 e. The molecule has 16 heavy (non-hydrogen) atoms. The molecule has 1 atom stereocenters. The van der Waals surface area contributed by atoms with E-state index in [2.05, 4.69) is 25.2 Å². The Kier molecular flexibility index (Phi) is 7.24. The molecule has 0 amide bonds. The van der Waals surface area contributed by atoms with Crippen molar-refractivity contribution < 1.29 is 5.11 Å². The van der Waals surface area contributed by atoms with Crippen LogP contribution in [0, 0.1) is 5.92 Å². The van der Waals surface area contributed by atoms with Crippen LogP contribution in [0.15, 0.2) is 23.8 Å². The van der Waals surface area contributed by atoms with Crippen molar-refractivity contribution in [2.24, 2.45) is 5.92 Å². The lowest BCUT2D eigenvalue weighted by molar-refractivity contribution is 0.253. The third kappa shape index (κ3) is 5.50. The monoisotopic (exact) mass is 222 g/mol. The molecule has 1 N–H and O–H groups in total. The highest BCUT2D eigenvalue weighted by atomic mass is 16.3. The van der Waals surface area contributed by atoms with Crippen LogP contribution in [0.2, 0.25) is 0 Å². The second kappa shape index (κ2) is 8.58. The van der Waals surface area contributed by atoms with Gasteiger partial charge in [0.2, 0.25) is 0 Å².